The summed E-state index contributed by atoms with van der Waals surface area (Å²) in [6.45, 7) is 0. The average molecular weight is 478 g/mol. The summed E-state index contributed by atoms with van der Waals surface area (Å²) in [7, 11) is -3.30. The monoisotopic (exact) mass is 477 g/mol. The van der Waals surface area contributed by atoms with E-state index in [4.69, 9.17) is 10.5 Å². The van der Waals surface area contributed by atoms with Crippen LogP contribution in [0.1, 0.15) is 0 Å². The molecule has 0 heterocycles. The highest BCUT2D eigenvalue weighted by Crippen LogP contribution is 2.42. The number of azo groups is 2. The molecular formula is C23H19N5O5S. The second-order valence-electron chi connectivity index (χ2n) is 7.12. The first-order valence-electron chi connectivity index (χ1n) is 9.85. The van der Waals surface area contributed by atoms with Gasteiger partial charge in [-0.25, -0.2) is 0 Å². The van der Waals surface area contributed by atoms with Crippen LogP contribution in [-0.2, 0) is 10.1 Å². The van der Waals surface area contributed by atoms with Gasteiger partial charge in [0.2, 0.25) is 0 Å². The van der Waals surface area contributed by atoms with Crippen LogP contribution in [0.4, 0.5) is 28.4 Å². The largest absolute Gasteiger partial charge is 0.505 e. The zero-order valence-corrected chi connectivity index (χ0v) is 18.6. The van der Waals surface area contributed by atoms with Gasteiger partial charge >= 0.3 is 0 Å². The Morgan fingerprint density at radius 1 is 0.853 bits per heavy atom. The van der Waals surface area contributed by atoms with Crippen molar-refractivity contribution in [3.05, 3.63) is 72.8 Å². The molecule has 0 amide bonds. The number of methoxy groups -OCH3 is 1. The predicted octanol–water partition coefficient (Wildman–Crippen LogP) is 6.21. The molecule has 172 valence electrons. The normalized spacial score (nSPS) is 12.1. The van der Waals surface area contributed by atoms with Gasteiger partial charge in [-0.3, -0.25) is 4.55 Å². The van der Waals surface area contributed by atoms with Crippen molar-refractivity contribution in [2.75, 3.05) is 12.8 Å². The van der Waals surface area contributed by atoms with E-state index in [-0.39, 0.29) is 16.8 Å². The van der Waals surface area contributed by atoms with Gasteiger partial charge in [-0.05, 0) is 47.9 Å². The van der Waals surface area contributed by atoms with Crippen molar-refractivity contribution < 1.29 is 22.8 Å². The minimum absolute atomic E-state index is 0.231. The molecular weight excluding hydrogens is 458 g/mol. The summed E-state index contributed by atoms with van der Waals surface area (Å²) in [5, 5.41) is 27.5. The molecule has 0 aliphatic heterocycles. The maximum absolute atomic E-state index is 12.0. The lowest BCUT2D eigenvalue weighted by atomic mass is 10.1. The van der Waals surface area contributed by atoms with Crippen LogP contribution in [0.2, 0.25) is 0 Å². The molecule has 0 bridgehead atoms. The van der Waals surface area contributed by atoms with Crippen LogP contribution in [0.15, 0.2) is 98.1 Å². The van der Waals surface area contributed by atoms with Gasteiger partial charge in [-0.15, -0.1) is 10.2 Å². The van der Waals surface area contributed by atoms with Gasteiger partial charge in [0.25, 0.3) is 10.1 Å². The first kappa shape index (κ1) is 22.8. The number of nitrogen functional groups attached to an aromatic ring is 1. The van der Waals surface area contributed by atoms with E-state index >= 15 is 0 Å². The summed E-state index contributed by atoms with van der Waals surface area (Å²) in [4.78, 5) is -0.599. The number of phenolic OH excluding ortho intramolecular Hbond substituents is 1. The highest BCUT2D eigenvalue weighted by atomic mass is 32.2. The number of hydrogen-bond donors (Lipinski definition) is 3. The molecule has 0 fully saturated rings. The van der Waals surface area contributed by atoms with Gasteiger partial charge < -0.3 is 15.6 Å². The summed E-state index contributed by atoms with van der Waals surface area (Å²) in [6, 6.07) is 19.6. The lowest BCUT2D eigenvalue weighted by molar-refractivity contribution is 0.416. The van der Waals surface area contributed by atoms with E-state index in [1.165, 1.54) is 31.4 Å². The number of anilines is 1. The molecule has 4 aromatic rings. The number of hydrogen-bond acceptors (Lipinski definition) is 9. The quantitative estimate of drug-likeness (QED) is 0.170. The number of ether oxygens (including phenoxy) is 1. The maximum Gasteiger partial charge on any atom is 0.296 e. The van der Waals surface area contributed by atoms with Crippen LogP contribution in [0.5, 0.6) is 11.5 Å². The van der Waals surface area contributed by atoms with Gasteiger partial charge in [0.05, 0.1) is 18.5 Å². The predicted molar refractivity (Wildman–Crippen MR) is 128 cm³/mol. The molecule has 0 unspecified atom stereocenters. The average Bonchev–Trinajstić information content (AvgIpc) is 2.82. The van der Waals surface area contributed by atoms with E-state index < -0.39 is 26.5 Å². The number of benzene rings is 4. The van der Waals surface area contributed by atoms with Gasteiger partial charge in [0.1, 0.15) is 22.0 Å². The topological polar surface area (TPSA) is 159 Å². The third kappa shape index (κ3) is 4.85. The lowest BCUT2D eigenvalue weighted by Gasteiger charge is -2.09. The second-order valence-corrected chi connectivity index (χ2v) is 8.51. The highest BCUT2D eigenvalue weighted by Gasteiger charge is 2.22. The van der Waals surface area contributed by atoms with Crippen molar-refractivity contribution >= 4 is 49.3 Å². The summed E-state index contributed by atoms with van der Waals surface area (Å²) in [5.41, 5.74) is 7.09. The Bertz CT molecular complexity index is 1540. The molecule has 0 atom stereocenters. The first-order valence-corrected chi connectivity index (χ1v) is 11.3. The molecule has 0 aromatic heterocycles. The Morgan fingerprint density at radius 3 is 2.29 bits per heavy atom. The highest BCUT2D eigenvalue weighted by molar-refractivity contribution is 7.86. The number of rotatable bonds is 6. The smallest absolute Gasteiger partial charge is 0.296 e. The zero-order valence-electron chi connectivity index (χ0n) is 17.8. The number of phenols is 1. The van der Waals surface area contributed by atoms with Crippen LogP contribution in [0.25, 0.3) is 10.8 Å². The molecule has 0 saturated carbocycles. The summed E-state index contributed by atoms with van der Waals surface area (Å²) in [6.07, 6.45) is 0. The molecule has 0 spiro atoms. The van der Waals surface area contributed by atoms with E-state index in [0.29, 0.717) is 22.4 Å². The fraction of sp³-hybridized carbons (Fsp3) is 0.0435. The minimum Gasteiger partial charge on any atom is -0.505 e. The molecule has 10 nitrogen and oxygen atoms in total. The number of fused-ring (bicyclic) bond motifs is 1. The maximum atomic E-state index is 12.0. The van der Waals surface area contributed by atoms with Gasteiger partial charge in [-0.2, -0.15) is 18.6 Å². The number of nitrogens with two attached hydrogens (primary N) is 1. The lowest BCUT2D eigenvalue weighted by Crippen LogP contribution is -1.99. The Balaban J connectivity index is 1.75. The molecule has 0 saturated heterocycles. The van der Waals surface area contributed by atoms with Crippen molar-refractivity contribution in [1.29, 1.82) is 0 Å². The van der Waals surface area contributed by atoms with Crippen LogP contribution in [0.3, 0.4) is 0 Å². The summed E-state index contributed by atoms with van der Waals surface area (Å²) < 4.78 is 38.9. The standard InChI is InChI=1S/C23H19N5O5S/c1-33-20-13-17(26-25-16-5-3-2-4-6-16)9-10-19(20)27-28-22-21(34(30,31)32)11-14-7-8-15(24)12-18(14)23(22)29/h2-13,29H,24H2,1H3,(H,30,31,32). The fourth-order valence-corrected chi connectivity index (χ4v) is 3.83. The van der Waals surface area contributed by atoms with Crippen molar-refractivity contribution in [3.8, 4) is 11.5 Å². The Labute approximate surface area is 194 Å². The Kier molecular flexibility index (Phi) is 6.21. The van der Waals surface area contributed by atoms with Gasteiger partial charge in [0, 0.05) is 17.1 Å². The van der Waals surface area contributed by atoms with E-state index in [2.05, 4.69) is 20.5 Å². The number of aromatic hydroxyl groups is 1. The third-order valence-electron chi connectivity index (χ3n) is 4.81. The van der Waals surface area contributed by atoms with E-state index in [0.717, 1.165) is 0 Å². The zero-order chi connectivity index (χ0) is 24.3. The second kappa shape index (κ2) is 9.25. The minimum atomic E-state index is -4.72. The molecule has 4 rings (SSSR count). The molecule has 34 heavy (non-hydrogen) atoms. The van der Waals surface area contributed by atoms with E-state index in [1.54, 1.807) is 30.3 Å². The molecule has 4 N–H and O–H groups in total. The van der Waals surface area contributed by atoms with Crippen molar-refractivity contribution in [1.82, 2.24) is 0 Å². The van der Waals surface area contributed by atoms with E-state index in [9.17, 15) is 18.1 Å². The summed E-state index contributed by atoms with van der Waals surface area (Å²) in [5.74, 6) is -0.209. The summed E-state index contributed by atoms with van der Waals surface area (Å²) >= 11 is 0. The molecule has 4 aromatic carbocycles. The van der Waals surface area contributed by atoms with Crippen molar-refractivity contribution in [2.24, 2.45) is 20.5 Å². The SMILES string of the molecule is COc1cc(N=Nc2ccccc2)ccc1N=Nc1c(S(=O)(=O)O)cc2ccc(N)cc2c1O. The molecule has 0 aliphatic carbocycles. The van der Waals surface area contributed by atoms with Crippen LogP contribution in [-0.4, -0.2) is 25.2 Å². The van der Waals surface area contributed by atoms with Crippen LogP contribution in [0, 0.1) is 0 Å². The number of nitrogens with zero attached hydrogens (tertiary/aromatic N) is 4. The van der Waals surface area contributed by atoms with Gasteiger partial charge in [0.15, 0.2) is 5.75 Å². The molecule has 0 aliphatic rings. The van der Waals surface area contributed by atoms with Gasteiger partial charge in [-0.1, -0.05) is 24.3 Å². The molecule has 0 radical (unpaired) electrons. The fourth-order valence-electron chi connectivity index (χ4n) is 3.18. The van der Waals surface area contributed by atoms with Crippen LogP contribution >= 0.6 is 0 Å². The Morgan fingerprint density at radius 2 is 1.59 bits per heavy atom. The van der Waals surface area contributed by atoms with Crippen molar-refractivity contribution in [2.45, 2.75) is 4.90 Å². The Hall–Kier alpha value is -4.35. The van der Waals surface area contributed by atoms with Crippen molar-refractivity contribution in [3.63, 3.8) is 0 Å². The van der Waals surface area contributed by atoms with E-state index in [1.807, 2.05) is 18.2 Å². The first-order chi connectivity index (χ1) is 16.3. The molecule has 11 heteroatoms. The third-order valence-corrected chi connectivity index (χ3v) is 5.68. The van der Waals surface area contributed by atoms with Crippen LogP contribution < -0.4 is 10.5 Å².